The van der Waals surface area contributed by atoms with Gasteiger partial charge in [0, 0.05) is 5.56 Å². The number of nitrogens with two attached hydrogens (primary N) is 1. The highest BCUT2D eigenvalue weighted by atomic mass is 16.5. The van der Waals surface area contributed by atoms with E-state index in [2.05, 4.69) is 51.1 Å². The zero-order valence-electron chi connectivity index (χ0n) is 11.7. The van der Waals surface area contributed by atoms with Gasteiger partial charge in [0.05, 0.1) is 0 Å². The van der Waals surface area contributed by atoms with Crippen LogP contribution < -0.4 is 5.73 Å². The van der Waals surface area contributed by atoms with E-state index in [9.17, 15) is 0 Å². The predicted octanol–water partition coefficient (Wildman–Crippen LogP) is 3.84. The van der Waals surface area contributed by atoms with Crippen LogP contribution in [0.15, 0.2) is 22.7 Å². The summed E-state index contributed by atoms with van der Waals surface area (Å²) in [6.07, 6.45) is 0. The molecule has 0 aliphatic heterocycles. The van der Waals surface area contributed by atoms with Crippen LogP contribution in [0.25, 0.3) is 11.3 Å². The van der Waals surface area contributed by atoms with Gasteiger partial charge in [-0.15, -0.1) is 0 Å². The van der Waals surface area contributed by atoms with Crippen LogP contribution in [0.3, 0.4) is 0 Å². The van der Waals surface area contributed by atoms with Crippen molar-refractivity contribution < 1.29 is 4.52 Å². The van der Waals surface area contributed by atoms with Crippen LogP contribution in [0.4, 0.5) is 5.69 Å². The van der Waals surface area contributed by atoms with Crippen LogP contribution in [0.2, 0.25) is 0 Å². The largest absolute Gasteiger partial charge is 0.394 e. The van der Waals surface area contributed by atoms with Crippen molar-refractivity contribution in [1.82, 2.24) is 5.16 Å². The smallest absolute Gasteiger partial charge is 0.190 e. The third-order valence-electron chi connectivity index (χ3n) is 3.25. The van der Waals surface area contributed by atoms with Gasteiger partial charge >= 0.3 is 0 Å². The van der Waals surface area contributed by atoms with E-state index in [4.69, 9.17) is 10.3 Å². The van der Waals surface area contributed by atoms with Crippen molar-refractivity contribution in [3.05, 3.63) is 35.0 Å². The number of nitrogens with zero attached hydrogens (tertiary/aromatic N) is 1. The van der Waals surface area contributed by atoms with Gasteiger partial charge in [-0.2, -0.15) is 0 Å². The van der Waals surface area contributed by atoms with Crippen molar-refractivity contribution in [2.75, 3.05) is 5.73 Å². The maximum atomic E-state index is 5.97. The maximum Gasteiger partial charge on any atom is 0.190 e. The molecular weight excluding hydrogens is 224 g/mol. The first kappa shape index (κ1) is 12.7. The zero-order valence-corrected chi connectivity index (χ0v) is 11.7. The fourth-order valence-electron chi connectivity index (χ4n) is 1.96. The molecule has 2 rings (SSSR count). The van der Waals surface area contributed by atoms with Crippen LogP contribution in [0, 0.1) is 13.8 Å². The van der Waals surface area contributed by atoms with Crippen LogP contribution in [0.5, 0.6) is 0 Å². The van der Waals surface area contributed by atoms with Gasteiger partial charge in [0.25, 0.3) is 0 Å². The lowest BCUT2D eigenvalue weighted by molar-refractivity contribution is 0.427. The van der Waals surface area contributed by atoms with E-state index in [1.54, 1.807) is 0 Å². The molecule has 2 N–H and O–H groups in total. The average molecular weight is 244 g/mol. The molecule has 0 atom stereocenters. The van der Waals surface area contributed by atoms with E-state index in [0.29, 0.717) is 11.4 Å². The second-order valence-electron chi connectivity index (χ2n) is 5.79. The summed E-state index contributed by atoms with van der Waals surface area (Å²) < 4.78 is 5.31. The summed E-state index contributed by atoms with van der Waals surface area (Å²) in [5.74, 6) is 0.672. The van der Waals surface area contributed by atoms with Crippen molar-refractivity contribution >= 4 is 5.69 Å². The monoisotopic (exact) mass is 244 g/mol. The van der Waals surface area contributed by atoms with Crippen molar-refractivity contribution in [3.63, 3.8) is 0 Å². The molecule has 0 aliphatic carbocycles. The molecule has 0 radical (unpaired) electrons. The summed E-state index contributed by atoms with van der Waals surface area (Å²) >= 11 is 0. The summed E-state index contributed by atoms with van der Waals surface area (Å²) in [5.41, 5.74) is 11.0. The Bertz CT molecular complexity index is 577. The molecule has 18 heavy (non-hydrogen) atoms. The van der Waals surface area contributed by atoms with Crippen LogP contribution in [0.1, 0.15) is 37.6 Å². The van der Waals surface area contributed by atoms with Gasteiger partial charge in [-0.05, 0) is 30.4 Å². The first-order valence-electron chi connectivity index (χ1n) is 6.14. The Labute approximate surface area is 108 Å². The van der Waals surface area contributed by atoms with E-state index in [1.165, 1.54) is 5.56 Å². The fraction of sp³-hybridized carbons (Fsp3) is 0.400. The van der Waals surface area contributed by atoms with E-state index >= 15 is 0 Å². The maximum absolute atomic E-state index is 5.97. The fourth-order valence-corrected chi connectivity index (χ4v) is 1.96. The van der Waals surface area contributed by atoms with Crippen molar-refractivity contribution in [2.24, 2.45) is 0 Å². The second kappa shape index (κ2) is 4.16. The molecule has 0 aliphatic rings. The normalized spacial score (nSPS) is 11.8. The van der Waals surface area contributed by atoms with E-state index in [1.807, 2.05) is 6.92 Å². The second-order valence-corrected chi connectivity index (χ2v) is 5.79. The van der Waals surface area contributed by atoms with E-state index < -0.39 is 0 Å². The van der Waals surface area contributed by atoms with Gasteiger partial charge in [-0.25, -0.2) is 0 Å². The first-order valence-corrected chi connectivity index (χ1v) is 6.14. The SMILES string of the molecule is Cc1cc(C(C)(C)C)ccc1-c1onc(C)c1N. The number of benzene rings is 1. The predicted molar refractivity (Wildman–Crippen MR) is 74.5 cm³/mol. The Kier molecular flexibility index (Phi) is 2.93. The van der Waals surface area contributed by atoms with Crippen LogP contribution >= 0.6 is 0 Å². The Morgan fingerprint density at radius 1 is 1.17 bits per heavy atom. The molecule has 2 aromatic rings. The van der Waals surface area contributed by atoms with Gasteiger partial charge in [0.2, 0.25) is 0 Å². The molecule has 0 saturated carbocycles. The zero-order chi connectivity index (χ0) is 13.5. The molecule has 1 aromatic carbocycles. The molecule has 0 fully saturated rings. The highest BCUT2D eigenvalue weighted by molar-refractivity contribution is 5.74. The number of aryl methyl sites for hydroxylation is 2. The van der Waals surface area contributed by atoms with Crippen LogP contribution in [-0.2, 0) is 5.41 Å². The molecule has 3 heteroatoms. The third-order valence-corrected chi connectivity index (χ3v) is 3.25. The molecule has 1 heterocycles. The topological polar surface area (TPSA) is 52.0 Å². The van der Waals surface area contributed by atoms with E-state index in [0.717, 1.165) is 16.8 Å². The summed E-state index contributed by atoms with van der Waals surface area (Å²) in [5, 5.41) is 3.90. The minimum Gasteiger partial charge on any atom is -0.394 e. The molecule has 0 amide bonds. The molecule has 0 saturated heterocycles. The molecule has 3 nitrogen and oxygen atoms in total. The van der Waals surface area contributed by atoms with Crippen molar-refractivity contribution in [3.8, 4) is 11.3 Å². The van der Waals surface area contributed by atoms with Crippen molar-refractivity contribution in [1.29, 1.82) is 0 Å². The molecule has 96 valence electrons. The van der Waals surface area contributed by atoms with Crippen LogP contribution in [-0.4, -0.2) is 5.16 Å². The molecular formula is C15H20N2O. The highest BCUT2D eigenvalue weighted by Gasteiger charge is 2.18. The number of hydrogen-bond acceptors (Lipinski definition) is 3. The summed E-state index contributed by atoms with van der Waals surface area (Å²) in [7, 11) is 0. The molecule has 0 unspecified atom stereocenters. The van der Waals surface area contributed by atoms with Gasteiger partial charge in [0.1, 0.15) is 11.4 Å². The van der Waals surface area contributed by atoms with Crippen molar-refractivity contribution in [2.45, 2.75) is 40.0 Å². The quantitative estimate of drug-likeness (QED) is 0.829. The lowest BCUT2D eigenvalue weighted by Crippen LogP contribution is -2.11. The standard InChI is InChI=1S/C15H20N2O/c1-9-8-11(15(3,4)5)6-7-12(9)14-13(16)10(2)17-18-14/h6-8H,16H2,1-5H3. The number of anilines is 1. The lowest BCUT2D eigenvalue weighted by Gasteiger charge is -2.20. The Balaban J connectivity index is 2.52. The molecule has 0 spiro atoms. The number of hydrogen-bond donors (Lipinski definition) is 1. The number of rotatable bonds is 1. The summed E-state index contributed by atoms with van der Waals surface area (Å²) in [4.78, 5) is 0. The summed E-state index contributed by atoms with van der Waals surface area (Å²) in [6, 6.07) is 6.37. The summed E-state index contributed by atoms with van der Waals surface area (Å²) in [6.45, 7) is 10.5. The van der Waals surface area contributed by atoms with Gasteiger partial charge < -0.3 is 10.3 Å². The van der Waals surface area contributed by atoms with Gasteiger partial charge in [-0.1, -0.05) is 44.1 Å². The Morgan fingerprint density at radius 2 is 1.83 bits per heavy atom. The third kappa shape index (κ3) is 2.13. The average Bonchev–Trinajstić information content (AvgIpc) is 2.59. The molecule has 0 bridgehead atoms. The Hall–Kier alpha value is -1.77. The minimum absolute atomic E-state index is 0.145. The van der Waals surface area contributed by atoms with Gasteiger partial charge in [0.15, 0.2) is 5.76 Å². The van der Waals surface area contributed by atoms with Gasteiger partial charge in [-0.3, -0.25) is 0 Å². The Morgan fingerprint density at radius 3 is 2.28 bits per heavy atom. The molecule has 1 aromatic heterocycles. The lowest BCUT2D eigenvalue weighted by atomic mass is 9.85. The highest BCUT2D eigenvalue weighted by Crippen LogP contribution is 2.33. The first-order chi connectivity index (χ1) is 8.30. The van der Waals surface area contributed by atoms with E-state index in [-0.39, 0.29) is 5.41 Å². The number of aromatic nitrogens is 1. The minimum atomic E-state index is 0.145. The number of nitrogen functional groups attached to an aromatic ring is 1.